The van der Waals surface area contributed by atoms with Crippen LogP contribution in [0.4, 0.5) is 5.69 Å². The Balaban J connectivity index is 1.38. The zero-order valence-corrected chi connectivity index (χ0v) is 33.9. The van der Waals surface area contributed by atoms with Gasteiger partial charge in [0.1, 0.15) is 18.1 Å². The summed E-state index contributed by atoms with van der Waals surface area (Å²) in [7, 11) is 1.60. The predicted molar refractivity (Wildman–Crippen MR) is 213 cm³/mol. The van der Waals surface area contributed by atoms with Crippen LogP contribution >= 0.6 is 0 Å². The number of esters is 1. The van der Waals surface area contributed by atoms with Crippen LogP contribution in [0.5, 0.6) is 0 Å². The maximum Gasteiger partial charge on any atom is 0.305 e. The summed E-state index contributed by atoms with van der Waals surface area (Å²) in [4.78, 5) is 54.1. The molecule has 0 bridgehead atoms. The Morgan fingerprint density at radius 1 is 0.836 bits per heavy atom. The Bertz CT molecular complexity index is 1740. The molecule has 55 heavy (non-hydrogen) atoms. The summed E-state index contributed by atoms with van der Waals surface area (Å²) in [5.74, 6) is -0.350. The molecule has 1 atom stereocenters. The molecular formula is C43H61N5O7. The van der Waals surface area contributed by atoms with Gasteiger partial charge in [-0.2, -0.15) is 0 Å². The van der Waals surface area contributed by atoms with E-state index in [0.717, 1.165) is 48.1 Å². The topological polar surface area (TPSA) is 142 Å². The molecule has 2 heterocycles. The lowest BCUT2D eigenvalue weighted by Gasteiger charge is -2.30. The van der Waals surface area contributed by atoms with E-state index < -0.39 is 0 Å². The van der Waals surface area contributed by atoms with E-state index >= 15 is 0 Å². The van der Waals surface area contributed by atoms with Crippen LogP contribution in [-0.4, -0.2) is 78.6 Å². The maximum atomic E-state index is 13.9. The lowest BCUT2D eigenvalue weighted by molar-refractivity contribution is -0.144. The SMILES string of the molecule is COCCOCCNC(=O)CCC(=O)N1Cc2ccccc2-c2nnn(CCOC(=O)CCCCCC(CC(C)(C)C)C(=O)C(C)(C)C)c2-c2ccccc21. The van der Waals surface area contributed by atoms with E-state index in [9.17, 15) is 19.2 Å². The van der Waals surface area contributed by atoms with E-state index in [4.69, 9.17) is 14.2 Å². The summed E-state index contributed by atoms with van der Waals surface area (Å²) in [5.41, 5.74) is 4.31. The first kappa shape index (κ1) is 43.3. The average Bonchev–Trinajstić information content (AvgIpc) is 3.54. The second-order valence-electron chi connectivity index (χ2n) is 16.5. The molecule has 1 aliphatic rings. The van der Waals surface area contributed by atoms with Crippen LogP contribution in [-0.2, 0) is 46.5 Å². The zero-order chi connectivity index (χ0) is 40.0. The summed E-state index contributed by atoms with van der Waals surface area (Å²) in [6.45, 7) is 14.8. The standard InChI is InChI=1S/C43H61N5O7/c1-42(2,3)29-31(41(52)43(4,5)6)15-9-8-10-20-38(51)55-26-24-48-40-34-18-13-14-19-35(34)47(30-32-16-11-12-17-33(32)39(40)45-46-48)37(50)22-21-36(49)44-23-25-54-28-27-53-7/h11-14,16-19,31H,8-10,15,20-30H2,1-7H3,(H,44,49). The fraction of sp³-hybridized carbons (Fsp3) is 0.581. The van der Waals surface area contributed by atoms with Crippen molar-refractivity contribution in [3.05, 3.63) is 54.1 Å². The number of hydrogen-bond acceptors (Lipinski definition) is 9. The number of ketones is 1. The normalized spacial score (nSPS) is 13.2. The van der Waals surface area contributed by atoms with Crippen LogP contribution in [0, 0.1) is 16.7 Å². The van der Waals surface area contributed by atoms with Crippen molar-refractivity contribution in [2.24, 2.45) is 16.7 Å². The fourth-order valence-electron chi connectivity index (χ4n) is 6.98. The van der Waals surface area contributed by atoms with Crippen LogP contribution in [0.25, 0.3) is 22.5 Å². The number of nitrogens with zero attached hydrogens (tertiary/aromatic N) is 4. The van der Waals surface area contributed by atoms with Crippen molar-refractivity contribution in [1.29, 1.82) is 0 Å². The molecule has 3 aromatic rings. The van der Waals surface area contributed by atoms with Crippen molar-refractivity contribution in [3.8, 4) is 22.5 Å². The summed E-state index contributed by atoms with van der Waals surface area (Å²) < 4.78 is 17.8. The van der Waals surface area contributed by atoms with E-state index in [1.54, 1.807) is 16.7 Å². The van der Waals surface area contributed by atoms with Crippen LogP contribution in [0.3, 0.4) is 0 Å². The number of unbranched alkanes of at least 4 members (excludes halogenated alkanes) is 2. The Labute approximate surface area is 326 Å². The largest absolute Gasteiger partial charge is 0.464 e. The first-order valence-electron chi connectivity index (χ1n) is 19.6. The molecule has 1 aliphatic heterocycles. The summed E-state index contributed by atoms with van der Waals surface area (Å²) >= 11 is 0. The Kier molecular flexibility index (Phi) is 16.1. The molecule has 0 radical (unpaired) electrons. The quantitative estimate of drug-likeness (QED) is 0.0937. The monoisotopic (exact) mass is 759 g/mol. The van der Waals surface area contributed by atoms with Gasteiger partial charge in [0, 0.05) is 55.4 Å². The lowest BCUT2D eigenvalue weighted by atomic mass is 9.74. The molecule has 1 N–H and O–H groups in total. The van der Waals surface area contributed by atoms with Gasteiger partial charge in [0.15, 0.2) is 0 Å². The molecule has 2 amide bonds. The molecule has 4 rings (SSSR count). The molecule has 12 nitrogen and oxygen atoms in total. The van der Waals surface area contributed by atoms with Gasteiger partial charge < -0.3 is 24.4 Å². The minimum absolute atomic E-state index is 0.0188. The van der Waals surface area contributed by atoms with Gasteiger partial charge in [-0.25, -0.2) is 4.68 Å². The number of hydrogen-bond donors (Lipinski definition) is 1. The number of anilines is 1. The molecule has 1 unspecified atom stereocenters. The highest BCUT2D eigenvalue weighted by molar-refractivity contribution is 6.01. The second-order valence-corrected chi connectivity index (χ2v) is 16.5. The molecule has 0 aliphatic carbocycles. The first-order chi connectivity index (χ1) is 26.2. The summed E-state index contributed by atoms with van der Waals surface area (Å²) in [6.07, 6.45) is 4.50. The molecule has 0 saturated heterocycles. The van der Waals surface area contributed by atoms with E-state index in [2.05, 4.69) is 36.4 Å². The number of Topliss-reactive ketones (excluding diaryl/α,β-unsaturated/α-hetero) is 1. The van der Waals surface area contributed by atoms with Crippen LogP contribution in [0.1, 0.15) is 98.5 Å². The number of carbonyl (C=O) groups is 4. The predicted octanol–water partition coefficient (Wildman–Crippen LogP) is 7.18. The molecular weight excluding hydrogens is 699 g/mol. The van der Waals surface area contributed by atoms with Crippen molar-refractivity contribution in [2.75, 3.05) is 45.0 Å². The van der Waals surface area contributed by atoms with Crippen molar-refractivity contribution >= 4 is 29.3 Å². The summed E-state index contributed by atoms with van der Waals surface area (Å²) in [6, 6.07) is 15.4. The number of methoxy groups -OCH3 is 1. The number of fused-ring (bicyclic) bond motifs is 5. The highest BCUT2D eigenvalue weighted by Crippen LogP contribution is 2.41. The minimum atomic E-state index is -0.371. The van der Waals surface area contributed by atoms with Gasteiger partial charge in [-0.15, -0.1) is 5.10 Å². The van der Waals surface area contributed by atoms with Crippen LogP contribution < -0.4 is 10.2 Å². The van der Waals surface area contributed by atoms with E-state index in [0.29, 0.717) is 62.9 Å². The van der Waals surface area contributed by atoms with E-state index in [1.165, 1.54) is 0 Å². The Morgan fingerprint density at radius 2 is 1.56 bits per heavy atom. The smallest absolute Gasteiger partial charge is 0.305 e. The van der Waals surface area contributed by atoms with Crippen molar-refractivity contribution in [1.82, 2.24) is 20.3 Å². The van der Waals surface area contributed by atoms with Crippen molar-refractivity contribution in [3.63, 3.8) is 0 Å². The molecule has 0 saturated carbocycles. The molecule has 2 aromatic carbocycles. The van der Waals surface area contributed by atoms with Gasteiger partial charge in [0.2, 0.25) is 11.8 Å². The third kappa shape index (κ3) is 13.1. The van der Waals surface area contributed by atoms with Gasteiger partial charge in [-0.05, 0) is 36.3 Å². The fourth-order valence-corrected chi connectivity index (χ4v) is 6.98. The van der Waals surface area contributed by atoms with Crippen LogP contribution in [0.2, 0.25) is 0 Å². The first-order valence-corrected chi connectivity index (χ1v) is 19.6. The Morgan fingerprint density at radius 3 is 2.29 bits per heavy atom. The number of para-hydroxylation sites is 1. The van der Waals surface area contributed by atoms with Crippen molar-refractivity contribution in [2.45, 2.75) is 106 Å². The summed E-state index contributed by atoms with van der Waals surface area (Å²) in [5, 5.41) is 11.9. The molecule has 12 heteroatoms. The van der Waals surface area contributed by atoms with Gasteiger partial charge in [-0.3, -0.25) is 19.2 Å². The molecule has 1 aromatic heterocycles. The lowest BCUT2D eigenvalue weighted by Crippen LogP contribution is -2.34. The van der Waals surface area contributed by atoms with Gasteiger partial charge in [0.25, 0.3) is 0 Å². The molecule has 0 spiro atoms. The van der Waals surface area contributed by atoms with Gasteiger partial charge >= 0.3 is 5.97 Å². The number of ether oxygens (including phenoxy) is 3. The maximum absolute atomic E-state index is 13.9. The van der Waals surface area contributed by atoms with E-state index in [-0.39, 0.29) is 60.5 Å². The number of benzene rings is 2. The van der Waals surface area contributed by atoms with E-state index in [1.807, 2.05) is 69.3 Å². The number of amides is 2. The average molecular weight is 760 g/mol. The second kappa shape index (κ2) is 20.5. The number of nitrogens with one attached hydrogen (secondary N) is 1. The third-order valence-electron chi connectivity index (χ3n) is 9.62. The number of carbonyl (C=O) groups excluding carboxylic acids is 4. The Hall–Kier alpha value is -4.42. The molecule has 0 fully saturated rings. The van der Waals surface area contributed by atoms with Crippen molar-refractivity contribution < 1.29 is 33.4 Å². The number of aromatic nitrogens is 3. The van der Waals surface area contributed by atoms with Gasteiger partial charge in [0.05, 0.1) is 44.3 Å². The van der Waals surface area contributed by atoms with Crippen LogP contribution in [0.15, 0.2) is 48.5 Å². The molecule has 300 valence electrons. The highest BCUT2D eigenvalue weighted by atomic mass is 16.5. The van der Waals surface area contributed by atoms with Gasteiger partial charge in [-0.1, -0.05) is 102 Å². The minimum Gasteiger partial charge on any atom is -0.464 e. The highest BCUT2D eigenvalue weighted by Gasteiger charge is 2.32. The zero-order valence-electron chi connectivity index (χ0n) is 33.9. The third-order valence-corrected chi connectivity index (χ3v) is 9.62. The number of rotatable bonds is 20.